The average Bonchev–Trinajstić information content (AvgIpc) is 2.31. The van der Waals surface area contributed by atoms with Crippen LogP contribution >= 0.6 is 0 Å². The van der Waals surface area contributed by atoms with E-state index in [2.05, 4.69) is 10.6 Å². The molecule has 0 fully saturated rings. The minimum atomic E-state index is -1.09. The second kappa shape index (κ2) is 5.53. The van der Waals surface area contributed by atoms with Gasteiger partial charge >= 0.3 is 12.0 Å². The molecule has 0 unspecified atom stereocenters. The van der Waals surface area contributed by atoms with Crippen molar-refractivity contribution in [3.8, 4) is 0 Å². The Morgan fingerprint density at radius 1 is 1.05 bits per heavy atom. The van der Waals surface area contributed by atoms with Crippen LogP contribution in [0.3, 0.4) is 0 Å². The summed E-state index contributed by atoms with van der Waals surface area (Å²) in [6.07, 6.45) is 0. The molecular formula is C15H22N2O3. The molecule has 5 nitrogen and oxygen atoms in total. The molecule has 5 heteroatoms. The lowest BCUT2D eigenvalue weighted by Crippen LogP contribution is -2.57. The molecule has 0 bridgehead atoms. The maximum atomic E-state index is 12.0. The molecule has 1 aromatic rings. The van der Waals surface area contributed by atoms with Crippen molar-refractivity contribution in [2.45, 2.75) is 40.2 Å². The molecule has 0 spiro atoms. The molecular weight excluding hydrogens is 256 g/mol. The fraction of sp³-hybridized carbons (Fsp3) is 0.467. The molecule has 0 aliphatic carbocycles. The van der Waals surface area contributed by atoms with Gasteiger partial charge in [0.2, 0.25) is 0 Å². The number of carboxylic acids is 1. The quantitative estimate of drug-likeness (QED) is 0.792. The summed E-state index contributed by atoms with van der Waals surface area (Å²) in [6.45, 7) is 8.51. The van der Waals surface area contributed by atoms with Crippen LogP contribution in [0.15, 0.2) is 24.3 Å². The van der Waals surface area contributed by atoms with Gasteiger partial charge < -0.3 is 15.7 Å². The normalized spacial score (nSPS) is 11.8. The Bertz CT molecular complexity index is 504. The van der Waals surface area contributed by atoms with Crippen LogP contribution in [0.4, 0.5) is 10.5 Å². The minimum absolute atomic E-state index is 0.423. The highest BCUT2D eigenvalue weighted by atomic mass is 16.4. The number of anilines is 1. The van der Waals surface area contributed by atoms with Crippen molar-refractivity contribution in [2.75, 3.05) is 5.32 Å². The zero-order valence-corrected chi connectivity index (χ0v) is 12.6. The van der Waals surface area contributed by atoms with Crippen molar-refractivity contribution >= 4 is 17.7 Å². The maximum absolute atomic E-state index is 12.0. The van der Waals surface area contributed by atoms with E-state index in [0.717, 1.165) is 5.56 Å². The predicted octanol–water partition coefficient (Wildman–Crippen LogP) is 3.01. The van der Waals surface area contributed by atoms with Gasteiger partial charge in [0.15, 0.2) is 0 Å². The Balaban J connectivity index is 2.75. The zero-order chi connectivity index (χ0) is 15.6. The number of benzene rings is 1. The van der Waals surface area contributed by atoms with Crippen LogP contribution in [0, 0.1) is 12.3 Å². The Labute approximate surface area is 119 Å². The summed E-state index contributed by atoms with van der Waals surface area (Å²) in [6, 6.07) is 6.95. The first-order valence-electron chi connectivity index (χ1n) is 6.45. The molecule has 110 valence electrons. The molecule has 20 heavy (non-hydrogen) atoms. The van der Waals surface area contributed by atoms with Gasteiger partial charge in [-0.15, -0.1) is 0 Å². The highest BCUT2D eigenvalue weighted by molar-refractivity contribution is 5.90. The van der Waals surface area contributed by atoms with E-state index in [1.165, 1.54) is 0 Å². The fourth-order valence-corrected chi connectivity index (χ4v) is 1.51. The van der Waals surface area contributed by atoms with Gasteiger partial charge in [-0.1, -0.05) is 17.7 Å². The Kier molecular flexibility index (Phi) is 4.43. The largest absolute Gasteiger partial charge is 0.481 e. The second-order valence-corrected chi connectivity index (χ2v) is 6.00. The summed E-state index contributed by atoms with van der Waals surface area (Å²) in [4.78, 5) is 23.2. The van der Waals surface area contributed by atoms with Crippen LogP contribution in [-0.4, -0.2) is 22.6 Å². The molecule has 1 aromatic carbocycles. The number of carbonyl (C=O) groups excluding carboxylic acids is 1. The number of rotatable bonds is 4. The van der Waals surface area contributed by atoms with Gasteiger partial charge in [0.25, 0.3) is 0 Å². The summed E-state index contributed by atoms with van der Waals surface area (Å²) in [7, 11) is 0. The van der Waals surface area contributed by atoms with E-state index in [0.29, 0.717) is 5.69 Å². The third-order valence-electron chi connectivity index (χ3n) is 3.83. The van der Waals surface area contributed by atoms with Gasteiger partial charge in [0.1, 0.15) is 0 Å². The predicted molar refractivity (Wildman–Crippen MR) is 78.8 cm³/mol. The van der Waals surface area contributed by atoms with E-state index < -0.39 is 23.0 Å². The molecule has 0 heterocycles. The molecule has 2 amide bonds. The fourth-order valence-electron chi connectivity index (χ4n) is 1.51. The first-order valence-corrected chi connectivity index (χ1v) is 6.45. The van der Waals surface area contributed by atoms with E-state index in [1.54, 1.807) is 39.8 Å². The summed E-state index contributed by atoms with van der Waals surface area (Å²) < 4.78 is 0. The van der Waals surface area contributed by atoms with E-state index in [-0.39, 0.29) is 0 Å². The first-order chi connectivity index (χ1) is 9.06. The van der Waals surface area contributed by atoms with Crippen molar-refractivity contribution in [1.82, 2.24) is 5.32 Å². The SMILES string of the molecule is Cc1ccc(NC(=O)NC(C)(C)C(C)(C)C(=O)O)cc1. The molecule has 0 aliphatic heterocycles. The lowest BCUT2D eigenvalue weighted by molar-refractivity contribution is -0.150. The third kappa shape index (κ3) is 3.50. The lowest BCUT2D eigenvalue weighted by atomic mass is 9.74. The van der Waals surface area contributed by atoms with Gasteiger partial charge in [-0.2, -0.15) is 0 Å². The topological polar surface area (TPSA) is 78.4 Å². The van der Waals surface area contributed by atoms with Crippen molar-refractivity contribution in [3.05, 3.63) is 29.8 Å². The molecule has 0 aliphatic rings. The van der Waals surface area contributed by atoms with E-state index in [1.807, 2.05) is 19.1 Å². The van der Waals surface area contributed by atoms with Crippen LogP contribution in [0.1, 0.15) is 33.3 Å². The highest BCUT2D eigenvalue weighted by Crippen LogP contribution is 2.30. The van der Waals surface area contributed by atoms with E-state index in [9.17, 15) is 14.7 Å². The van der Waals surface area contributed by atoms with Gasteiger partial charge in [-0.05, 0) is 46.8 Å². The molecule has 0 saturated carbocycles. The molecule has 0 aromatic heterocycles. The van der Waals surface area contributed by atoms with Crippen molar-refractivity contribution in [2.24, 2.45) is 5.41 Å². The van der Waals surface area contributed by atoms with Crippen LogP contribution in [0.25, 0.3) is 0 Å². The van der Waals surface area contributed by atoms with Gasteiger partial charge in [-0.3, -0.25) is 4.79 Å². The van der Waals surface area contributed by atoms with E-state index in [4.69, 9.17) is 0 Å². The Morgan fingerprint density at radius 2 is 1.55 bits per heavy atom. The van der Waals surface area contributed by atoms with Crippen LogP contribution < -0.4 is 10.6 Å². The van der Waals surface area contributed by atoms with Crippen molar-refractivity contribution in [1.29, 1.82) is 0 Å². The molecule has 3 N–H and O–H groups in total. The van der Waals surface area contributed by atoms with Crippen LogP contribution in [0.5, 0.6) is 0 Å². The monoisotopic (exact) mass is 278 g/mol. The number of carbonyl (C=O) groups is 2. The third-order valence-corrected chi connectivity index (χ3v) is 3.83. The summed E-state index contributed by atoms with van der Waals surface area (Å²) in [5, 5.41) is 14.6. The number of hydrogen-bond acceptors (Lipinski definition) is 2. The number of amides is 2. The number of aliphatic carboxylic acids is 1. The second-order valence-electron chi connectivity index (χ2n) is 6.00. The number of carboxylic acid groups (broad SMARTS) is 1. The molecule has 0 atom stereocenters. The zero-order valence-electron chi connectivity index (χ0n) is 12.6. The van der Waals surface area contributed by atoms with Gasteiger partial charge in [0, 0.05) is 5.69 Å². The summed E-state index contributed by atoms with van der Waals surface area (Å²) in [5.74, 6) is -0.960. The smallest absolute Gasteiger partial charge is 0.319 e. The molecule has 0 saturated heterocycles. The standard InChI is InChI=1S/C15H22N2O3/c1-10-6-8-11(9-7-10)16-13(20)17-15(4,5)14(2,3)12(18)19/h6-9H,1-5H3,(H,18,19)(H2,16,17,20). The van der Waals surface area contributed by atoms with Gasteiger partial charge in [0.05, 0.1) is 11.0 Å². The lowest BCUT2D eigenvalue weighted by Gasteiger charge is -2.38. The van der Waals surface area contributed by atoms with Crippen molar-refractivity contribution < 1.29 is 14.7 Å². The van der Waals surface area contributed by atoms with E-state index >= 15 is 0 Å². The summed E-state index contributed by atoms with van der Waals surface area (Å²) >= 11 is 0. The number of aryl methyl sites for hydroxylation is 1. The molecule has 0 radical (unpaired) electrons. The minimum Gasteiger partial charge on any atom is -0.481 e. The number of nitrogens with one attached hydrogen (secondary N) is 2. The maximum Gasteiger partial charge on any atom is 0.319 e. The average molecular weight is 278 g/mol. The van der Waals surface area contributed by atoms with Crippen molar-refractivity contribution in [3.63, 3.8) is 0 Å². The summed E-state index contributed by atoms with van der Waals surface area (Å²) in [5.41, 5.74) is -0.217. The first kappa shape index (κ1) is 16.0. The molecule has 1 rings (SSSR count). The highest BCUT2D eigenvalue weighted by Gasteiger charge is 2.44. The van der Waals surface area contributed by atoms with Gasteiger partial charge in [-0.25, -0.2) is 4.79 Å². The number of hydrogen-bond donors (Lipinski definition) is 3. The number of urea groups is 1. The van der Waals surface area contributed by atoms with Crippen LogP contribution in [0.2, 0.25) is 0 Å². The Hall–Kier alpha value is -2.04. The van der Waals surface area contributed by atoms with Crippen LogP contribution in [-0.2, 0) is 4.79 Å². The Morgan fingerprint density at radius 3 is 2.00 bits per heavy atom.